The van der Waals surface area contributed by atoms with Crippen molar-refractivity contribution in [3.05, 3.63) is 17.0 Å². The van der Waals surface area contributed by atoms with Crippen LogP contribution in [-0.2, 0) is 16.4 Å². The Balaban J connectivity index is 2.11. The molecule has 1 unspecified atom stereocenters. The summed E-state index contributed by atoms with van der Waals surface area (Å²) in [5.41, 5.74) is 0. The molecule has 1 aliphatic rings. The summed E-state index contributed by atoms with van der Waals surface area (Å²) in [7, 11) is -3.31. The summed E-state index contributed by atoms with van der Waals surface area (Å²) in [5, 5.41) is 3.27. The molecule has 1 saturated heterocycles. The lowest BCUT2D eigenvalue weighted by molar-refractivity contribution is 0.343. The molecule has 2 rings (SSSR count). The second-order valence-corrected chi connectivity index (χ2v) is 8.92. The highest BCUT2D eigenvalue weighted by molar-refractivity contribution is 7.91. The first-order chi connectivity index (χ1) is 10.1. The third-order valence-electron chi connectivity index (χ3n) is 3.99. The van der Waals surface area contributed by atoms with Crippen molar-refractivity contribution in [2.24, 2.45) is 0 Å². The Kier molecular flexibility index (Phi) is 6.22. The highest BCUT2D eigenvalue weighted by Gasteiger charge is 2.30. The number of nitrogens with zero attached hydrogens (tertiary/aromatic N) is 1. The Morgan fingerprint density at radius 1 is 1.33 bits per heavy atom. The summed E-state index contributed by atoms with van der Waals surface area (Å²) < 4.78 is 27.8. The molecule has 0 amide bonds. The number of nitrogens with one attached hydrogen (secondary N) is 1. The maximum absolute atomic E-state index is 12.8. The average Bonchev–Trinajstić information content (AvgIpc) is 2.82. The molecule has 1 fully saturated rings. The lowest BCUT2D eigenvalue weighted by Gasteiger charge is -2.25. The van der Waals surface area contributed by atoms with E-state index in [1.54, 1.807) is 10.4 Å². The number of hydrogen-bond acceptors (Lipinski definition) is 4. The molecule has 1 aromatic rings. The van der Waals surface area contributed by atoms with Gasteiger partial charge in [0.25, 0.3) is 10.0 Å². The zero-order valence-electron chi connectivity index (χ0n) is 13.0. The van der Waals surface area contributed by atoms with Gasteiger partial charge in [-0.25, -0.2) is 8.42 Å². The lowest BCUT2D eigenvalue weighted by atomic mass is 10.1. The van der Waals surface area contributed by atoms with E-state index in [0.29, 0.717) is 10.8 Å². The van der Waals surface area contributed by atoms with Crippen LogP contribution in [0.15, 0.2) is 16.3 Å². The van der Waals surface area contributed by atoms with Gasteiger partial charge in [0, 0.05) is 17.5 Å². The van der Waals surface area contributed by atoms with Crippen molar-refractivity contribution in [3.63, 3.8) is 0 Å². The van der Waals surface area contributed by atoms with Gasteiger partial charge in [0.15, 0.2) is 0 Å². The fourth-order valence-corrected chi connectivity index (χ4v) is 5.92. The van der Waals surface area contributed by atoms with Crippen LogP contribution in [-0.4, -0.2) is 38.4 Å². The number of hydrogen-bond donors (Lipinski definition) is 1. The number of thiophene rings is 1. The van der Waals surface area contributed by atoms with E-state index in [-0.39, 0.29) is 6.04 Å². The molecule has 0 radical (unpaired) electrons. The number of rotatable bonds is 6. The number of likely N-dealkylation sites (N-methyl/N-ethyl adjacent to an activating group) is 1. The topological polar surface area (TPSA) is 49.4 Å². The molecule has 1 aromatic heterocycles. The molecule has 0 aliphatic carbocycles. The van der Waals surface area contributed by atoms with E-state index in [9.17, 15) is 8.42 Å². The average molecular weight is 331 g/mol. The normalized spacial score (nSPS) is 21.3. The van der Waals surface area contributed by atoms with Gasteiger partial charge in [-0.1, -0.05) is 19.8 Å². The smallest absolute Gasteiger partial charge is 0.252 e. The van der Waals surface area contributed by atoms with Gasteiger partial charge in [0.2, 0.25) is 0 Å². The van der Waals surface area contributed by atoms with Crippen LogP contribution < -0.4 is 5.32 Å². The van der Waals surface area contributed by atoms with Crippen LogP contribution in [0.3, 0.4) is 0 Å². The summed E-state index contributed by atoms with van der Waals surface area (Å²) in [5.74, 6) is 0. The van der Waals surface area contributed by atoms with Crippen molar-refractivity contribution in [1.29, 1.82) is 0 Å². The first-order valence-corrected chi connectivity index (χ1v) is 10.1. The van der Waals surface area contributed by atoms with Crippen LogP contribution in [0, 0.1) is 0 Å². The van der Waals surface area contributed by atoms with Gasteiger partial charge in [0.1, 0.15) is 4.21 Å². The highest BCUT2D eigenvalue weighted by Crippen LogP contribution is 2.29. The van der Waals surface area contributed by atoms with E-state index < -0.39 is 10.0 Å². The zero-order valence-corrected chi connectivity index (χ0v) is 14.6. The highest BCUT2D eigenvalue weighted by atomic mass is 32.2. The minimum Gasteiger partial charge on any atom is -0.317 e. The third kappa shape index (κ3) is 4.28. The van der Waals surface area contributed by atoms with E-state index in [1.165, 1.54) is 11.3 Å². The molecule has 21 heavy (non-hydrogen) atoms. The third-order valence-corrected chi connectivity index (χ3v) is 7.62. The van der Waals surface area contributed by atoms with Crippen LogP contribution in [0.2, 0.25) is 0 Å². The van der Waals surface area contributed by atoms with Crippen LogP contribution in [0.4, 0.5) is 0 Å². The van der Waals surface area contributed by atoms with E-state index in [0.717, 1.165) is 50.1 Å². The SMILES string of the molecule is CCNCCc1ccc(S(=O)(=O)N2CCCCCC2C)s1. The van der Waals surface area contributed by atoms with Crippen LogP contribution in [0.1, 0.15) is 44.4 Å². The molecule has 4 nitrogen and oxygen atoms in total. The maximum Gasteiger partial charge on any atom is 0.252 e. The van der Waals surface area contributed by atoms with Gasteiger partial charge in [-0.15, -0.1) is 11.3 Å². The van der Waals surface area contributed by atoms with Gasteiger partial charge in [-0.2, -0.15) is 4.31 Å². The van der Waals surface area contributed by atoms with Crippen molar-refractivity contribution in [2.75, 3.05) is 19.6 Å². The molecular weight excluding hydrogens is 304 g/mol. The molecule has 1 N–H and O–H groups in total. The Morgan fingerprint density at radius 3 is 2.90 bits per heavy atom. The van der Waals surface area contributed by atoms with E-state index in [4.69, 9.17) is 0 Å². The van der Waals surface area contributed by atoms with E-state index in [2.05, 4.69) is 12.2 Å². The Bertz CT molecular complexity index is 540. The summed E-state index contributed by atoms with van der Waals surface area (Å²) in [6, 6.07) is 3.85. The standard InChI is InChI=1S/C15H26N2O2S2/c1-3-16-11-10-14-8-9-15(20-14)21(18,19)17-12-6-4-5-7-13(17)2/h8-9,13,16H,3-7,10-12H2,1-2H3. The van der Waals surface area contributed by atoms with Crippen molar-refractivity contribution < 1.29 is 8.42 Å². The predicted octanol–water partition coefficient (Wildman–Crippen LogP) is 2.85. The fourth-order valence-electron chi connectivity index (χ4n) is 2.74. The fraction of sp³-hybridized carbons (Fsp3) is 0.733. The van der Waals surface area contributed by atoms with Gasteiger partial charge in [0.05, 0.1) is 0 Å². The molecule has 0 aromatic carbocycles. The zero-order chi connectivity index (χ0) is 15.3. The van der Waals surface area contributed by atoms with Crippen LogP contribution >= 0.6 is 11.3 Å². The Morgan fingerprint density at radius 2 is 2.14 bits per heavy atom. The largest absolute Gasteiger partial charge is 0.317 e. The molecule has 0 bridgehead atoms. The monoisotopic (exact) mass is 330 g/mol. The molecular formula is C15H26N2O2S2. The van der Waals surface area contributed by atoms with Crippen molar-refractivity contribution >= 4 is 21.4 Å². The lowest BCUT2D eigenvalue weighted by Crippen LogP contribution is -2.37. The maximum atomic E-state index is 12.8. The predicted molar refractivity (Wildman–Crippen MR) is 88.4 cm³/mol. The second-order valence-electron chi connectivity index (χ2n) is 5.64. The Labute approximate surface area is 132 Å². The van der Waals surface area contributed by atoms with Crippen LogP contribution in [0.25, 0.3) is 0 Å². The van der Waals surface area contributed by atoms with E-state index in [1.807, 2.05) is 13.0 Å². The molecule has 120 valence electrons. The minimum absolute atomic E-state index is 0.116. The molecule has 0 spiro atoms. The van der Waals surface area contributed by atoms with Crippen molar-refractivity contribution in [3.8, 4) is 0 Å². The summed E-state index contributed by atoms with van der Waals surface area (Å²) >= 11 is 1.42. The van der Waals surface area contributed by atoms with Gasteiger partial charge >= 0.3 is 0 Å². The molecule has 2 heterocycles. The van der Waals surface area contributed by atoms with Gasteiger partial charge in [-0.05, 0) is 51.4 Å². The first kappa shape index (κ1) is 16.9. The first-order valence-electron chi connectivity index (χ1n) is 7.87. The van der Waals surface area contributed by atoms with Crippen LogP contribution in [0.5, 0.6) is 0 Å². The van der Waals surface area contributed by atoms with Crippen molar-refractivity contribution in [2.45, 2.75) is 56.2 Å². The van der Waals surface area contributed by atoms with Crippen molar-refractivity contribution in [1.82, 2.24) is 9.62 Å². The summed E-state index contributed by atoms with van der Waals surface area (Å²) in [4.78, 5) is 1.14. The second kappa shape index (κ2) is 7.72. The molecule has 1 aliphatic heterocycles. The van der Waals surface area contributed by atoms with Gasteiger partial charge < -0.3 is 5.32 Å². The summed E-state index contributed by atoms with van der Waals surface area (Å²) in [6.45, 7) is 6.61. The Hall–Kier alpha value is -0.430. The molecule has 1 atom stereocenters. The molecule has 0 saturated carbocycles. The molecule has 6 heteroatoms. The number of sulfonamides is 1. The van der Waals surface area contributed by atoms with Gasteiger partial charge in [-0.3, -0.25) is 0 Å². The summed E-state index contributed by atoms with van der Waals surface area (Å²) in [6.07, 6.45) is 5.10. The van der Waals surface area contributed by atoms with E-state index >= 15 is 0 Å². The quantitative estimate of drug-likeness (QED) is 0.816. The minimum atomic E-state index is -3.31.